The van der Waals surface area contributed by atoms with Crippen LogP contribution in [0.3, 0.4) is 0 Å². The molecule has 1 unspecified atom stereocenters. The average molecular weight is 240 g/mol. The summed E-state index contributed by atoms with van der Waals surface area (Å²) in [5.74, 6) is 0. The smallest absolute Gasteiger partial charge is 0.139 e. The van der Waals surface area contributed by atoms with Gasteiger partial charge < -0.3 is 10.4 Å². The van der Waals surface area contributed by atoms with E-state index in [0.29, 0.717) is 17.4 Å². The third kappa shape index (κ3) is 1.91. The number of halogens is 1. The third-order valence-electron chi connectivity index (χ3n) is 2.46. The minimum Gasteiger partial charge on any atom is -0.385 e. The Hall–Kier alpha value is -1.10. The van der Waals surface area contributed by atoms with Gasteiger partial charge in [0.05, 0.1) is 0 Å². The lowest BCUT2D eigenvalue weighted by molar-refractivity contribution is 0.174. The van der Waals surface area contributed by atoms with E-state index in [9.17, 15) is 5.11 Å². The molecule has 4 nitrogen and oxygen atoms in total. The SMILES string of the molecule is CNCC(O)c1nc2cc(C)ccn2c1Cl. The Morgan fingerprint density at radius 1 is 1.62 bits per heavy atom. The van der Waals surface area contributed by atoms with E-state index in [1.807, 2.05) is 25.3 Å². The van der Waals surface area contributed by atoms with Crippen LogP contribution < -0.4 is 5.32 Å². The Morgan fingerprint density at radius 2 is 2.38 bits per heavy atom. The van der Waals surface area contributed by atoms with Gasteiger partial charge in [0.2, 0.25) is 0 Å². The molecule has 0 aliphatic heterocycles. The molecule has 86 valence electrons. The highest BCUT2D eigenvalue weighted by Gasteiger charge is 2.17. The minimum atomic E-state index is -0.683. The van der Waals surface area contributed by atoms with Crippen LogP contribution >= 0.6 is 11.6 Å². The van der Waals surface area contributed by atoms with Crippen molar-refractivity contribution in [2.45, 2.75) is 13.0 Å². The van der Waals surface area contributed by atoms with E-state index in [2.05, 4.69) is 10.3 Å². The van der Waals surface area contributed by atoms with Crippen LogP contribution in [0.2, 0.25) is 5.15 Å². The molecule has 1 atom stereocenters. The highest BCUT2D eigenvalue weighted by atomic mass is 35.5. The van der Waals surface area contributed by atoms with Crippen molar-refractivity contribution in [3.63, 3.8) is 0 Å². The maximum atomic E-state index is 9.85. The summed E-state index contributed by atoms with van der Waals surface area (Å²) in [6.07, 6.45) is 1.17. The highest BCUT2D eigenvalue weighted by Crippen LogP contribution is 2.24. The van der Waals surface area contributed by atoms with Crippen LogP contribution in [0.1, 0.15) is 17.4 Å². The van der Waals surface area contributed by atoms with Crippen molar-refractivity contribution in [1.82, 2.24) is 14.7 Å². The Bertz CT molecular complexity index is 509. The molecule has 0 saturated carbocycles. The van der Waals surface area contributed by atoms with Crippen molar-refractivity contribution in [2.75, 3.05) is 13.6 Å². The molecule has 0 radical (unpaired) electrons. The molecule has 0 saturated heterocycles. The monoisotopic (exact) mass is 239 g/mol. The number of rotatable bonds is 3. The first-order valence-electron chi connectivity index (χ1n) is 5.10. The molecule has 0 aromatic carbocycles. The summed E-state index contributed by atoms with van der Waals surface area (Å²) in [7, 11) is 1.77. The topological polar surface area (TPSA) is 49.6 Å². The van der Waals surface area contributed by atoms with E-state index in [0.717, 1.165) is 11.2 Å². The fourth-order valence-corrected chi connectivity index (χ4v) is 1.95. The molecule has 2 aromatic heterocycles. The maximum absolute atomic E-state index is 9.85. The summed E-state index contributed by atoms with van der Waals surface area (Å²) < 4.78 is 1.77. The first kappa shape index (κ1) is 11.4. The molecule has 2 heterocycles. The van der Waals surface area contributed by atoms with Crippen LogP contribution in [0.4, 0.5) is 0 Å². The molecular formula is C11H14ClN3O. The van der Waals surface area contributed by atoms with Crippen LogP contribution in [0.25, 0.3) is 5.65 Å². The van der Waals surface area contributed by atoms with Crippen LogP contribution in [0.15, 0.2) is 18.3 Å². The number of nitrogens with one attached hydrogen (secondary N) is 1. The maximum Gasteiger partial charge on any atom is 0.139 e. The Kier molecular flexibility index (Phi) is 3.14. The molecule has 5 heteroatoms. The second-order valence-electron chi connectivity index (χ2n) is 3.79. The number of hydrogen-bond donors (Lipinski definition) is 2. The molecule has 0 amide bonds. The zero-order valence-electron chi connectivity index (χ0n) is 9.24. The second kappa shape index (κ2) is 4.41. The number of aliphatic hydroxyl groups is 1. The lowest BCUT2D eigenvalue weighted by Crippen LogP contribution is -2.17. The number of aliphatic hydroxyl groups excluding tert-OH is 1. The van der Waals surface area contributed by atoms with Crippen molar-refractivity contribution in [2.24, 2.45) is 0 Å². The van der Waals surface area contributed by atoms with Gasteiger partial charge in [-0.2, -0.15) is 0 Å². The first-order chi connectivity index (χ1) is 7.63. The summed E-state index contributed by atoms with van der Waals surface area (Å²) >= 11 is 6.15. The molecule has 0 aliphatic carbocycles. The lowest BCUT2D eigenvalue weighted by atomic mass is 10.3. The minimum absolute atomic E-state index is 0.433. The standard InChI is InChI=1S/C11H14ClN3O/c1-7-3-4-15-9(5-7)14-10(11(15)12)8(16)6-13-2/h3-5,8,13,16H,6H2,1-2H3. The van der Waals surface area contributed by atoms with E-state index in [4.69, 9.17) is 11.6 Å². The summed E-state index contributed by atoms with van der Waals surface area (Å²) in [6, 6.07) is 3.89. The van der Waals surface area contributed by atoms with Gasteiger partial charge in [0.25, 0.3) is 0 Å². The average Bonchev–Trinajstić information content (AvgIpc) is 2.56. The van der Waals surface area contributed by atoms with Crippen LogP contribution in [-0.2, 0) is 0 Å². The van der Waals surface area contributed by atoms with E-state index < -0.39 is 6.10 Å². The summed E-state index contributed by atoms with van der Waals surface area (Å²) in [6.45, 7) is 2.43. The van der Waals surface area contributed by atoms with Gasteiger partial charge in [0, 0.05) is 12.7 Å². The molecule has 0 bridgehead atoms. The largest absolute Gasteiger partial charge is 0.385 e. The van der Waals surface area contributed by atoms with Gasteiger partial charge >= 0.3 is 0 Å². The van der Waals surface area contributed by atoms with E-state index in [1.54, 1.807) is 11.4 Å². The Balaban J connectivity index is 2.51. The number of aromatic nitrogens is 2. The van der Waals surface area contributed by atoms with Crippen molar-refractivity contribution < 1.29 is 5.11 Å². The quantitative estimate of drug-likeness (QED) is 0.855. The van der Waals surface area contributed by atoms with Crippen LogP contribution in [0.5, 0.6) is 0 Å². The molecule has 2 rings (SSSR count). The third-order valence-corrected chi connectivity index (χ3v) is 2.84. The van der Waals surface area contributed by atoms with Gasteiger partial charge in [0.1, 0.15) is 22.6 Å². The number of pyridine rings is 1. The normalized spacial score (nSPS) is 13.2. The fourth-order valence-electron chi connectivity index (χ4n) is 1.64. The van der Waals surface area contributed by atoms with Crippen molar-refractivity contribution in [3.05, 3.63) is 34.7 Å². The van der Waals surface area contributed by atoms with Crippen LogP contribution in [-0.4, -0.2) is 28.1 Å². The molecule has 16 heavy (non-hydrogen) atoms. The molecule has 0 fully saturated rings. The highest BCUT2D eigenvalue weighted by molar-refractivity contribution is 6.30. The molecule has 2 aromatic rings. The summed E-state index contributed by atoms with van der Waals surface area (Å²) in [5.41, 5.74) is 2.39. The van der Waals surface area contributed by atoms with Gasteiger partial charge in [0.15, 0.2) is 0 Å². The van der Waals surface area contributed by atoms with Crippen molar-refractivity contribution in [1.29, 1.82) is 0 Å². The van der Waals surface area contributed by atoms with Crippen LogP contribution in [0, 0.1) is 6.92 Å². The zero-order valence-corrected chi connectivity index (χ0v) is 9.99. The van der Waals surface area contributed by atoms with E-state index in [-0.39, 0.29) is 0 Å². The number of aryl methyl sites for hydroxylation is 1. The van der Waals surface area contributed by atoms with Gasteiger partial charge in [-0.05, 0) is 31.7 Å². The van der Waals surface area contributed by atoms with Gasteiger partial charge in [-0.15, -0.1) is 0 Å². The zero-order chi connectivity index (χ0) is 11.7. The number of imidazole rings is 1. The molecule has 0 aliphatic rings. The Morgan fingerprint density at radius 3 is 3.06 bits per heavy atom. The van der Waals surface area contributed by atoms with E-state index >= 15 is 0 Å². The summed E-state index contributed by atoms with van der Waals surface area (Å²) in [5, 5.41) is 13.2. The molecule has 0 spiro atoms. The number of likely N-dealkylation sites (N-methyl/N-ethyl adjacent to an activating group) is 1. The van der Waals surface area contributed by atoms with Gasteiger partial charge in [-0.25, -0.2) is 4.98 Å². The number of nitrogens with zero attached hydrogens (tertiary/aromatic N) is 2. The van der Waals surface area contributed by atoms with Crippen molar-refractivity contribution in [3.8, 4) is 0 Å². The first-order valence-corrected chi connectivity index (χ1v) is 5.48. The van der Waals surface area contributed by atoms with Gasteiger partial charge in [-0.1, -0.05) is 11.6 Å². The second-order valence-corrected chi connectivity index (χ2v) is 4.15. The number of fused-ring (bicyclic) bond motifs is 1. The fraction of sp³-hybridized carbons (Fsp3) is 0.364. The summed E-state index contributed by atoms with van der Waals surface area (Å²) in [4.78, 5) is 4.33. The van der Waals surface area contributed by atoms with Crippen molar-refractivity contribution >= 4 is 17.2 Å². The van der Waals surface area contributed by atoms with E-state index in [1.165, 1.54) is 0 Å². The van der Waals surface area contributed by atoms with Gasteiger partial charge in [-0.3, -0.25) is 4.40 Å². The number of hydrogen-bond acceptors (Lipinski definition) is 3. The Labute approximate surface area is 98.9 Å². The molecule has 2 N–H and O–H groups in total. The lowest BCUT2D eigenvalue weighted by Gasteiger charge is -2.06. The molecular weight excluding hydrogens is 226 g/mol. The predicted molar refractivity (Wildman–Crippen MR) is 63.8 cm³/mol. The predicted octanol–water partition coefficient (Wildman–Crippen LogP) is 1.55.